The van der Waals surface area contributed by atoms with E-state index in [0.29, 0.717) is 11.8 Å². The SMILES string of the molecule is Cc1cncc(NCc2cc(F)c(F)cc2F)c1. The largest absolute Gasteiger partial charge is 0.380 e. The van der Waals surface area contributed by atoms with Crippen molar-refractivity contribution in [2.45, 2.75) is 13.5 Å². The van der Waals surface area contributed by atoms with Crippen LogP contribution >= 0.6 is 0 Å². The third-order valence-electron chi connectivity index (χ3n) is 2.45. The first-order valence-corrected chi connectivity index (χ1v) is 5.35. The predicted molar refractivity (Wildman–Crippen MR) is 62.6 cm³/mol. The monoisotopic (exact) mass is 252 g/mol. The summed E-state index contributed by atoms with van der Waals surface area (Å²) in [6.07, 6.45) is 3.26. The standard InChI is InChI=1S/C13H11F3N2/c1-8-2-10(7-17-5-8)18-6-9-3-12(15)13(16)4-11(9)14/h2-5,7,18H,6H2,1H3. The van der Waals surface area contributed by atoms with Crippen molar-refractivity contribution in [2.24, 2.45) is 0 Å². The number of pyridine rings is 1. The van der Waals surface area contributed by atoms with E-state index in [9.17, 15) is 13.2 Å². The Morgan fingerprint density at radius 1 is 1.00 bits per heavy atom. The van der Waals surface area contributed by atoms with Crippen LogP contribution in [0.1, 0.15) is 11.1 Å². The van der Waals surface area contributed by atoms with Crippen LogP contribution in [0.15, 0.2) is 30.6 Å². The van der Waals surface area contributed by atoms with Crippen molar-refractivity contribution in [1.29, 1.82) is 0 Å². The Labute approximate surface area is 102 Å². The summed E-state index contributed by atoms with van der Waals surface area (Å²) in [6.45, 7) is 1.94. The van der Waals surface area contributed by atoms with E-state index >= 15 is 0 Å². The number of hydrogen-bond acceptors (Lipinski definition) is 2. The van der Waals surface area contributed by atoms with Gasteiger partial charge in [0.1, 0.15) is 5.82 Å². The normalized spacial score (nSPS) is 10.4. The van der Waals surface area contributed by atoms with Crippen LogP contribution in [0.3, 0.4) is 0 Å². The predicted octanol–water partition coefficient (Wildman–Crippen LogP) is 3.42. The van der Waals surface area contributed by atoms with Gasteiger partial charge < -0.3 is 5.32 Å². The van der Waals surface area contributed by atoms with E-state index in [0.717, 1.165) is 11.6 Å². The van der Waals surface area contributed by atoms with Crippen LogP contribution in [0.4, 0.5) is 18.9 Å². The molecule has 0 aliphatic rings. The number of anilines is 1. The Kier molecular flexibility index (Phi) is 3.50. The molecule has 0 bridgehead atoms. The van der Waals surface area contributed by atoms with E-state index in [2.05, 4.69) is 10.3 Å². The van der Waals surface area contributed by atoms with Gasteiger partial charge in [-0.25, -0.2) is 13.2 Å². The summed E-state index contributed by atoms with van der Waals surface area (Å²) in [7, 11) is 0. The average Bonchev–Trinajstić information content (AvgIpc) is 2.32. The second-order valence-electron chi connectivity index (χ2n) is 3.96. The fourth-order valence-corrected chi connectivity index (χ4v) is 1.55. The first-order valence-electron chi connectivity index (χ1n) is 5.35. The molecule has 1 aromatic heterocycles. The molecular weight excluding hydrogens is 241 g/mol. The quantitative estimate of drug-likeness (QED) is 0.847. The molecule has 94 valence electrons. The van der Waals surface area contributed by atoms with Crippen LogP contribution in [-0.2, 0) is 6.54 Å². The third kappa shape index (κ3) is 2.80. The summed E-state index contributed by atoms with van der Waals surface area (Å²) in [5.74, 6) is -3.02. The van der Waals surface area contributed by atoms with Gasteiger partial charge >= 0.3 is 0 Å². The minimum absolute atomic E-state index is 0.0637. The van der Waals surface area contributed by atoms with Crippen molar-refractivity contribution >= 4 is 5.69 Å². The fraction of sp³-hybridized carbons (Fsp3) is 0.154. The lowest BCUT2D eigenvalue weighted by Crippen LogP contribution is -2.04. The van der Waals surface area contributed by atoms with Crippen molar-refractivity contribution in [3.63, 3.8) is 0 Å². The van der Waals surface area contributed by atoms with Gasteiger partial charge in [-0.3, -0.25) is 4.98 Å². The molecule has 2 rings (SSSR count). The Morgan fingerprint density at radius 3 is 2.44 bits per heavy atom. The lowest BCUT2D eigenvalue weighted by molar-refractivity contribution is 0.490. The summed E-state index contributed by atoms with van der Waals surface area (Å²) >= 11 is 0. The Bertz CT molecular complexity index is 570. The fourth-order valence-electron chi connectivity index (χ4n) is 1.55. The Morgan fingerprint density at radius 2 is 1.72 bits per heavy atom. The van der Waals surface area contributed by atoms with Crippen LogP contribution in [0.5, 0.6) is 0 Å². The van der Waals surface area contributed by atoms with E-state index in [4.69, 9.17) is 0 Å². The Balaban J connectivity index is 2.13. The van der Waals surface area contributed by atoms with Gasteiger partial charge in [-0.15, -0.1) is 0 Å². The van der Waals surface area contributed by atoms with E-state index in [1.54, 1.807) is 12.4 Å². The zero-order valence-electron chi connectivity index (χ0n) is 9.67. The summed E-state index contributed by atoms with van der Waals surface area (Å²) in [5.41, 5.74) is 1.71. The van der Waals surface area contributed by atoms with Crippen molar-refractivity contribution in [3.05, 3.63) is 59.2 Å². The lowest BCUT2D eigenvalue weighted by Gasteiger charge is -2.08. The molecule has 0 saturated carbocycles. The maximum atomic E-state index is 13.4. The van der Waals surface area contributed by atoms with Gasteiger partial charge in [-0.05, 0) is 24.6 Å². The summed E-state index contributed by atoms with van der Waals surface area (Å²) in [4.78, 5) is 3.96. The number of halogens is 3. The minimum Gasteiger partial charge on any atom is -0.380 e. The maximum absolute atomic E-state index is 13.4. The van der Waals surface area contributed by atoms with Crippen LogP contribution in [-0.4, -0.2) is 4.98 Å². The van der Waals surface area contributed by atoms with Crippen molar-refractivity contribution in [3.8, 4) is 0 Å². The molecule has 0 fully saturated rings. The van der Waals surface area contributed by atoms with Crippen LogP contribution in [0.2, 0.25) is 0 Å². The van der Waals surface area contributed by atoms with Gasteiger partial charge in [0.25, 0.3) is 0 Å². The topological polar surface area (TPSA) is 24.9 Å². The second-order valence-corrected chi connectivity index (χ2v) is 3.96. The maximum Gasteiger partial charge on any atom is 0.161 e. The summed E-state index contributed by atoms with van der Waals surface area (Å²) in [5, 5.41) is 2.90. The second kappa shape index (κ2) is 5.08. The molecule has 5 heteroatoms. The summed E-state index contributed by atoms with van der Waals surface area (Å²) in [6, 6.07) is 3.21. The highest BCUT2D eigenvalue weighted by molar-refractivity contribution is 5.43. The molecule has 0 amide bonds. The van der Waals surface area contributed by atoms with Gasteiger partial charge in [0.05, 0.1) is 5.69 Å². The number of aromatic nitrogens is 1. The van der Waals surface area contributed by atoms with Gasteiger partial charge in [-0.2, -0.15) is 0 Å². The molecule has 1 heterocycles. The van der Waals surface area contributed by atoms with Gasteiger partial charge in [0.15, 0.2) is 11.6 Å². The molecule has 18 heavy (non-hydrogen) atoms. The third-order valence-corrected chi connectivity index (χ3v) is 2.45. The molecule has 0 saturated heterocycles. The molecule has 0 radical (unpaired) electrons. The number of nitrogens with zero attached hydrogens (tertiary/aromatic N) is 1. The molecular formula is C13H11F3N2. The highest BCUT2D eigenvalue weighted by atomic mass is 19.2. The molecule has 0 aliphatic heterocycles. The van der Waals surface area contributed by atoms with Gasteiger partial charge in [-0.1, -0.05) is 0 Å². The van der Waals surface area contributed by atoms with Gasteiger partial charge in [0, 0.05) is 30.6 Å². The molecule has 0 unspecified atom stereocenters. The summed E-state index contributed by atoms with van der Waals surface area (Å²) < 4.78 is 39.0. The van der Waals surface area contributed by atoms with Crippen LogP contribution in [0, 0.1) is 24.4 Å². The van der Waals surface area contributed by atoms with Crippen molar-refractivity contribution in [1.82, 2.24) is 4.98 Å². The minimum atomic E-state index is -1.19. The molecule has 0 aliphatic carbocycles. The molecule has 2 aromatic rings. The van der Waals surface area contributed by atoms with Gasteiger partial charge in [0.2, 0.25) is 0 Å². The number of hydrogen-bond donors (Lipinski definition) is 1. The molecule has 0 spiro atoms. The molecule has 1 N–H and O–H groups in total. The van der Waals surface area contributed by atoms with Crippen LogP contribution in [0.25, 0.3) is 0 Å². The van der Waals surface area contributed by atoms with Crippen molar-refractivity contribution < 1.29 is 13.2 Å². The van der Waals surface area contributed by atoms with Crippen molar-refractivity contribution in [2.75, 3.05) is 5.32 Å². The zero-order valence-corrected chi connectivity index (χ0v) is 9.67. The number of aryl methyl sites for hydroxylation is 1. The van der Waals surface area contributed by atoms with E-state index in [1.807, 2.05) is 13.0 Å². The molecule has 2 nitrogen and oxygen atoms in total. The Hall–Kier alpha value is -2.04. The highest BCUT2D eigenvalue weighted by Crippen LogP contribution is 2.15. The van der Waals surface area contributed by atoms with E-state index < -0.39 is 17.5 Å². The zero-order chi connectivity index (χ0) is 13.1. The lowest BCUT2D eigenvalue weighted by atomic mass is 10.2. The number of nitrogens with one attached hydrogen (secondary N) is 1. The highest BCUT2D eigenvalue weighted by Gasteiger charge is 2.09. The molecule has 1 aromatic carbocycles. The number of benzene rings is 1. The molecule has 0 atom stereocenters. The first-order chi connectivity index (χ1) is 8.56. The number of rotatable bonds is 3. The van der Waals surface area contributed by atoms with E-state index in [1.165, 1.54) is 0 Å². The smallest absolute Gasteiger partial charge is 0.161 e. The van der Waals surface area contributed by atoms with E-state index in [-0.39, 0.29) is 12.1 Å². The van der Waals surface area contributed by atoms with Crippen LogP contribution < -0.4 is 5.32 Å². The average molecular weight is 252 g/mol. The first kappa shape index (κ1) is 12.4.